The summed E-state index contributed by atoms with van der Waals surface area (Å²) < 4.78 is 27.1. The summed E-state index contributed by atoms with van der Waals surface area (Å²) in [6, 6.07) is 11.3. The Kier molecular flexibility index (Phi) is 9.34. The number of nitrogens with one attached hydrogen (secondary N) is 1. The van der Waals surface area contributed by atoms with Gasteiger partial charge in [-0.1, -0.05) is 45.7 Å². The van der Waals surface area contributed by atoms with Gasteiger partial charge in [-0.05, 0) is 63.1 Å². The van der Waals surface area contributed by atoms with E-state index in [0.717, 1.165) is 20.6 Å². The Morgan fingerprint density at radius 3 is 2.33 bits per heavy atom. The number of hydrogen-bond donors (Lipinski definition) is 1. The van der Waals surface area contributed by atoms with Crippen molar-refractivity contribution >= 4 is 55.1 Å². The molecular formula is C23H29BrClN3O4S. The number of hydrogen-bond acceptors (Lipinski definition) is 4. The standard InChI is InChI=1S/C23H29BrClN3O4S/c1-15(2)26-23(30)17(4)27(13-18-8-6-9-19(24)12-18)22(29)14-28(33(5,31)32)21-11-7-10-20(25)16(21)3/h6-12,15,17H,13-14H2,1-5H3,(H,26,30)/t17-/m1/s1. The summed E-state index contributed by atoms with van der Waals surface area (Å²) in [5, 5.41) is 3.21. The zero-order chi connectivity index (χ0) is 24.9. The van der Waals surface area contributed by atoms with Gasteiger partial charge in [-0.25, -0.2) is 8.42 Å². The molecule has 0 aliphatic carbocycles. The maximum Gasteiger partial charge on any atom is 0.244 e. The Labute approximate surface area is 209 Å². The molecule has 0 aliphatic rings. The highest BCUT2D eigenvalue weighted by molar-refractivity contribution is 9.10. The first-order chi connectivity index (χ1) is 15.3. The van der Waals surface area contributed by atoms with Gasteiger partial charge in [0.05, 0.1) is 11.9 Å². The zero-order valence-electron chi connectivity index (χ0n) is 19.3. The highest BCUT2D eigenvalue weighted by Crippen LogP contribution is 2.28. The molecule has 2 rings (SSSR count). The number of nitrogens with zero attached hydrogens (tertiary/aromatic N) is 2. The number of amides is 2. The van der Waals surface area contributed by atoms with Crippen molar-refractivity contribution in [1.29, 1.82) is 0 Å². The average Bonchev–Trinajstić information content (AvgIpc) is 2.70. The third-order valence-electron chi connectivity index (χ3n) is 5.03. The van der Waals surface area contributed by atoms with Crippen LogP contribution in [0.15, 0.2) is 46.9 Å². The molecule has 0 bridgehead atoms. The van der Waals surface area contributed by atoms with Crippen LogP contribution in [0.4, 0.5) is 5.69 Å². The van der Waals surface area contributed by atoms with Crippen LogP contribution < -0.4 is 9.62 Å². The smallest absolute Gasteiger partial charge is 0.244 e. The molecule has 0 fully saturated rings. The third kappa shape index (κ3) is 7.45. The SMILES string of the molecule is Cc1c(Cl)cccc1N(CC(=O)N(Cc1cccc(Br)c1)[C@H](C)C(=O)NC(C)C)S(C)(=O)=O. The molecule has 2 aromatic carbocycles. The van der Waals surface area contributed by atoms with E-state index in [0.29, 0.717) is 16.3 Å². The summed E-state index contributed by atoms with van der Waals surface area (Å²) in [5.41, 5.74) is 1.66. The van der Waals surface area contributed by atoms with Gasteiger partial charge in [-0.15, -0.1) is 0 Å². The first kappa shape index (κ1) is 27.1. The van der Waals surface area contributed by atoms with Gasteiger partial charge < -0.3 is 10.2 Å². The number of sulfonamides is 1. The van der Waals surface area contributed by atoms with Crippen LogP contribution in [-0.2, 0) is 26.2 Å². The van der Waals surface area contributed by atoms with Crippen molar-refractivity contribution in [2.75, 3.05) is 17.1 Å². The topological polar surface area (TPSA) is 86.8 Å². The lowest BCUT2D eigenvalue weighted by Crippen LogP contribution is -2.52. The normalized spacial score (nSPS) is 12.4. The maximum absolute atomic E-state index is 13.5. The monoisotopic (exact) mass is 557 g/mol. The zero-order valence-corrected chi connectivity index (χ0v) is 22.5. The van der Waals surface area contributed by atoms with Gasteiger partial charge in [0.1, 0.15) is 12.6 Å². The highest BCUT2D eigenvalue weighted by atomic mass is 79.9. The number of carbonyl (C=O) groups is 2. The van der Waals surface area contributed by atoms with Crippen LogP contribution in [0.1, 0.15) is 31.9 Å². The summed E-state index contributed by atoms with van der Waals surface area (Å²) in [6.07, 6.45) is 1.04. The Morgan fingerprint density at radius 1 is 1.12 bits per heavy atom. The van der Waals surface area contributed by atoms with Crippen LogP contribution in [0.2, 0.25) is 5.02 Å². The molecule has 1 atom stereocenters. The summed E-state index contributed by atoms with van der Waals surface area (Å²) in [6.45, 7) is 6.66. The molecule has 2 aromatic rings. The molecule has 2 amide bonds. The molecule has 1 N–H and O–H groups in total. The van der Waals surface area contributed by atoms with Gasteiger partial charge in [0.2, 0.25) is 21.8 Å². The van der Waals surface area contributed by atoms with E-state index >= 15 is 0 Å². The minimum Gasteiger partial charge on any atom is -0.352 e. The number of carbonyl (C=O) groups excluding carboxylic acids is 2. The molecule has 33 heavy (non-hydrogen) atoms. The van der Waals surface area contributed by atoms with Crippen molar-refractivity contribution < 1.29 is 18.0 Å². The molecule has 0 aromatic heterocycles. The summed E-state index contributed by atoms with van der Waals surface area (Å²) in [7, 11) is -3.81. The van der Waals surface area contributed by atoms with Crippen molar-refractivity contribution in [3.8, 4) is 0 Å². The van der Waals surface area contributed by atoms with Gasteiger partial charge in [0, 0.05) is 22.1 Å². The molecule has 0 aliphatic heterocycles. The fourth-order valence-corrected chi connectivity index (χ4v) is 4.80. The molecule has 10 heteroatoms. The lowest BCUT2D eigenvalue weighted by Gasteiger charge is -2.32. The number of anilines is 1. The van der Waals surface area contributed by atoms with Crippen LogP contribution >= 0.6 is 27.5 Å². The summed E-state index contributed by atoms with van der Waals surface area (Å²) >= 11 is 9.61. The second-order valence-corrected chi connectivity index (χ2v) is 11.4. The molecule has 0 heterocycles. The molecule has 0 unspecified atom stereocenters. The molecule has 0 spiro atoms. The first-order valence-corrected chi connectivity index (χ1v) is 13.4. The summed E-state index contributed by atoms with van der Waals surface area (Å²) in [4.78, 5) is 27.6. The van der Waals surface area contributed by atoms with E-state index in [1.165, 1.54) is 4.90 Å². The Hall–Kier alpha value is -2.10. The largest absolute Gasteiger partial charge is 0.352 e. The van der Waals surface area contributed by atoms with Crippen molar-refractivity contribution in [3.63, 3.8) is 0 Å². The minimum atomic E-state index is -3.81. The molecule has 180 valence electrons. The van der Waals surface area contributed by atoms with Gasteiger partial charge in [0.15, 0.2) is 0 Å². The fraction of sp³-hybridized carbons (Fsp3) is 0.391. The van der Waals surface area contributed by atoms with Crippen LogP contribution in [0.3, 0.4) is 0 Å². The number of rotatable bonds is 9. The Morgan fingerprint density at radius 2 is 1.76 bits per heavy atom. The highest BCUT2D eigenvalue weighted by Gasteiger charge is 2.31. The van der Waals surface area contributed by atoms with E-state index in [-0.39, 0.29) is 18.5 Å². The molecule has 0 saturated carbocycles. The van der Waals surface area contributed by atoms with Crippen molar-refractivity contribution in [2.24, 2.45) is 0 Å². The second kappa shape index (κ2) is 11.4. The van der Waals surface area contributed by atoms with Gasteiger partial charge in [-0.3, -0.25) is 13.9 Å². The Bertz CT molecular complexity index is 1120. The van der Waals surface area contributed by atoms with Crippen LogP contribution in [0.25, 0.3) is 0 Å². The third-order valence-corrected chi connectivity index (χ3v) is 7.06. The van der Waals surface area contributed by atoms with E-state index in [9.17, 15) is 18.0 Å². The fourth-order valence-electron chi connectivity index (χ4n) is 3.28. The Balaban J connectivity index is 2.44. The van der Waals surface area contributed by atoms with Crippen LogP contribution in [-0.4, -0.2) is 50.0 Å². The van der Waals surface area contributed by atoms with Crippen LogP contribution in [0.5, 0.6) is 0 Å². The van der Waals surface area contributed by atoms with E-state index in [1.54, 1.807) is 32.0 Å². The van der Waals surface area contributed by atoms with Crippen molar-refractivity contribution in [3.05, 3.63) is 63.1 Å². The van der Waals surface area contributed by atoms with Crippen LogP contribution in [0, 0.1) is 6.92 Å². The summed E-state index contributed by atoms with van der Waals surface area (Å²) in [5.74, 6) is -0.829. The quantitative estimate of drug-likeness (QED) is 0.502. The van der Waals surface area contributed by atoms with Gasteiger partial charge in [-0.2, -0.15) is 0 Å². The maximum atomic E-state index is 13.5. The molecular weight excluding hydrogens is 530 g/mol. The van der Waals surface area contributed by atoms with Crippen molar-refractivity contribution in [2.45, 2.75) is 46.3 Å². The lowest BCUT2D eigenvalue weighted by atomic mass is 10.1. The second-order valence-electron chi connectivity index (χ2n) is 8.14. The van der Waals surface area contributed by atoms with Gasteiger partial charge in [0.25, 0.3) is 0 Å². The predicted octanol–water partition coefficient (Wildman–Crippen LogP) is 4.12. The molecule has 0 saturated heterocycles. The number of benzene rings is 2. The molecule has 0 radical (unpaired) electrons. The van der Waals surface area contributed by atoms with E-state index < -0.39 is 28.5 Å². The number of halogens is 2. The van der Waals surface area contributed by atoms with Gasteiger partial charge >= 0.3 is 0 Å². The lowest BCUT2D eigenvalue weighted by molar-refractivity contribution is -0.139. The minimum absolute atomic E-state index is 0.107. The van der Waals surface area contributed by atoms with E-state index in [4.69, 9.17) is 11.6 Å². The van der Waals surface area contributed by atoms with E-state index in [2.05, 4.69) is 21.2 Å². The molecule has 7 nitrogen and oxygen atoms in total. The van der Waals surface area contributed by atoms with Crippen molar-refractivity contribution in [1.82, 2.24) is 10.2 Å². The van der Waals surface area contributed by atoms with E-state index in [1.807, 2.05) is 38.1 Å². The average molecular weight is 559 g/mol. The first-order valence-electron chi connectivity index (χ1n) is 10.4. The predicted molar refractivity (Wildman–Crippen MR) is 136 cm³/mol.